The van der Waals surface area contributed by atoms with Gasteiger partial charge in [-0.3, -0.25) is 9.59 Å². The first-order chi connectivity index (χ1) is 11.8. The maximum Gasteiger partial charge on any atom is 0.258 e. The Morgan fingerprint density at radius 3 is 2.80 bits per heavy atom. The van der Waals surface area contributed by atoms with Crippen LogP contribution in [0.15, 0.2) is 22.7 Å². The molecule has 0 saturated heterocycles. The molecule has 0 spiro atoms. The molecule has 5 nitrogen and oxygen atoms in total. The molecule has 138 valence electrons. The molecule has 2 rings (SSSR count). The van der Waals surface area contributed by atoms with Crippen LogP contribution in [0.25, 0.3) is 0 Å². The lowest BCUT2D eigenvalue weighted by Gasteiger charge is -2.29. The molecule has 2 atom stereocenters. The van der Waals surface area contributed by atoms with Gasteiger partial charge in [-0.25, -0.2) is 4.39 Å². The molecule has 0 heterocycles. The van der Waals surface area contributed by atoms with Crippen molar-refractivity contribution < 1.29 is 18.7 Å². The highest BCUT2D eigenvalue weighted by Gasteiger charge is 2.28. The van der Waals surface area contributed by atoms with Crippen molar-refractivity contribution in [2.24, 2.45) is 5.92 Å². The van der Waals surface area contributed by atoms with E-state index in [2.05, 4.69) is 26.6 Å². The molecule has 1 aromatic carbocycles. The topological polar surface area (TPSA) is 67.4 Å². The number of hydrogen-bond acceptors (Lipinski definition) is 3. The normalized spacial score (nSPS) is 20.2. The molecular formula is C18H24BrFN2O3. The van der Waals surface area contributed by atoms with Gasteiger partial charge in [-0.2, -0.15) is 0 Å². The largest absolute Gasteiger partial charge is 0.481 e. The summed E-state index contributed by atoms with van der Waals surface area (Å²) in [6, 6.07) is 4.46. The zero-order valence-electron chi connectivity index (χ0n) is 14.5. The average molecular weight is 415 g/mol. The first-order valence-electron chi connectivity index (χ1n) is 8.52. The third kappa shape index (κ3) is 6.30. The first-order valence-corrected chi connectivity index (χ1v) is 9.32. The van der Waals surface area contributed by atoms with Crippen LogP contribution in [-0.2, 0) is 9.59 Å². The van der Waals surface area contributed by atoms with Gasteiger partial charge >= 0.3 is 0 Å². The quantitative estimate of drug-likeness (QED) is 0.750. The van der Waals surface area contributed by atoms with Gasteiger partial charge in [0.2, 0.25) is 5.91 Å². The fraction of sp³-hybridized carbons (Fsp3) is 0.556. The molecule has 1 aromatic rings. The minimum Gasteiger partial charge on any atom is -0.481 e. The predicted molar refractivity (Wildman–Crippen MR) is 96.8 cm³/mol. The molecule has 1 aliphatic carbocycles. The van der Waals surface area contributed by atoms with Crippen LogP contribution in [0.1, 0.15) is 39.5 Å². The number of rotatable bonds is 6. The molecule has 1 fully saturated rings. The molecule has 0 radical (unpaired) electrons. The highest BCUT2D eigenvalue weighted by molar-refractivity contribution is 9.10. The summed E-state index contributed by atoms with van der Waals surface area (Å²) in [4.78, 5) is 24.2. The Bertz CT molecular complexity index is 624. The highest BCUT2D eigenvalue weighted by Crippen LogP contribution is 2.25. The van der Waals surface area contributed by atoms with Crippen LogP contribution in [0.3, 0.4) is 0 Å². The first kappa shape index (κ1) is 19.7. The van der Waals surface area contributed by atoms with Crippen LogP contribution in [0.4, 0.5) is 4.39 Å². The summed E-state index contributed by atoms with van der Waals surface area (Å²) in [6.07, 6.45) is 3.19. The second kappa shape index (κ2) is 9.17. The van der Waals surface area contributed by atoms with E-state index in [1.54, 1.807) is 6.07 Å². The fourth-order valence-corrected chi connectivity index (χ4v) is 3.30. The number of benzene rings is 1. The van der Waals surface area contributed by atoms with Gasteiger partial charge in [-0.05, 0) is 51.3 Å². The number of hydrogen-bond donors (Lipinski definition) is 2. The number of ether oxygens (including phenoxy) is 1. The van der Waals surface area contributed by atoms with E-state index in [-0.39, 0.29) is 42.2 Å². The van der Waals surface area contributed by atoms with E-state index < -0.39 is 5.82 Å². The summed E-state index contributed by atoms with van der Waals surface area (Å²) < 4.78 is 19.5. The van der Waals surface area contributed by atoms with E-state index >= 15 is 0 Å². The van der Waals surface area contributed by atoms with Crippen LogP contribution >= 0.6 is 15.9 Å². The second-order valence-electron chi connectivity index (χ2n) is 6.65. The van der Waals surface area contributed by atoms with Crippen molar-refractivity contribution in [1.29, 1.82) is 0 Å². The third-order valence-corrected chi connectivity index (χ3v) is 4.59. The van der Waals surface area contributed by atoms with E-state index in [1.165, 1.54) is 12.1 Å². The minimum absolute atomic E-state index is 0.0381. The Hall–Kier alpha value is -1.63. The number of amides is 2. The zero-order valence-corrected chi connectivity index (χ0v) is 16.1. The Kier molecular flexibility index (Phi) is 7.23. The monoisotopic (exact) mass is 414 g/mol. The molecular weight excluding hydrogens is 391 g/mol. The van der Waals surface area contributed by atoms with Crippen LogP contribution in [0.5, 0.6) is 5.75 Å². The molecule has 0 bridgehead atoms. The molecule has 1 saturated carbocycles. The van der Waals surface area contributed by atoms with Gasteiger partial charge in [0.25, 0.3) is 5.91 Å². The fourth-order valence-electron chi connectivity index (χ4n) is 2.97. The second-order valence-corrected chi connectivity index (χ2v) is 7.57. The van der Waals surface area contributed by atoms with Gasteiger partial charge in [0.05, 0.1) is 0 Å². The van der Waals surface area contributed by atoms with Crippen molar-refractivity contribution in [3.8, 4) is 5.75 Å². The van der Waals surface area contributed by atoms with Crippen molar-refractivity contribution in [3.63, 3.8) is 0 Å². The van der Waals surface area contributed by atoms with E-state index in [0.29, 0.717) is 10.9 Å². The van der Waals surface area contributed by atoms with Crippen molar-refractivity contribution in [1.82, 2.24) is 10.6 Å². The third-order valence-electron chi connectivity index (χ3n) is 4.09. The van der Waals surface area contributed by atoms with Gasteiger partial charge in [0.15, 0.2) is 18.2 Å². The summed E-state index contributed by atoms with van der Waals surface area (Å²) in [6.45, 7) is 3.61. The standard InChI is InChI=1S/C18H24BrFN2O3/c1-11(2)21-18(24)12-4-3-5-14(8-12)22-17(23)10-25-16-7-6-13(19)9-15(16)20/h6-7,9,11-12,14H,3-5,8,10H2,1-2H3,(H,21,24)(H,22,23). The minimum atomic E-state index is -0.523. The Balaban J connectivity index is 1.80. The smallest absolute Gasteiger partial charge is 0.258 e. The number of halogens is 2. The molecule has 2 amide bonds. The molecule has 1 aliphatic rings. The molecule has 25 heavy (non-hydrogen) atoms. The van der Waals surface area contributed by atoms with E-state index in [0.717, 1.165) is 19.3 Å². The van der Waals surface area contributed by atoms with Crippen LogP contribution in [0.2, 0.25) is 0 Å². The van der Waals surface area contributed by atoms with Gasteiger partial charge < -0.3 is 15.4 Å². The average Bonchev–Trinajstić information content (AvgIpc) is 2.53. The van der Waals surface area contributed by atoms with Gasteiger partial charge in [-0.1, -0.05) is 22.4 Å². The predicted octanol–water partition coefficient (Wildman–Crippen LogP) is 3.17. The summed E-state index contributed by atoms with van der Waals surface area (Å²) >= 11 is 3.17. The van der Waals surface area contributed by atoms with E-state index in [9.17, 15) is 14.0 Å². The molecule has 0 aliphatic heterocycles. The number of nitrogens with one attached hydrogen (secondary N) is 2. The van der Waals surface area contributed by atoms with Crippen LogP contribution in [-0.4, -0.2) is 30.5 Å². The summed E-state index contributed by atoms with van der Waals surface area (Å²) in [5.41, 5.74) is 0. The number of carbonyl (C=O) groups excluding carboxylic acids is 2. The van der Waals surface area contributed by atoms with Crippen molar-refractivity contribution in [2.75, 3.05) is 6.61 Å². The molecule has 7 heteroatoms. The highest BCUT2D eigenvalue weighted by atomic mass is 79.9. The van der Waals surface area contributed by atoms with Gasteiger partial charge in [-0.15, -0.1) is 0 Å². The maximum atomic E-state index is 13.7. The van der Waals surface area contributed by atoms with E-state index in [1.807, 2.05) is 13.8 Å². The SMILES string of the molecule is CC(C)NC(=O)C1CCCC(NC(=O)COc2ccc(Br)cc2F)C1. The lowest BCUT2D eigenvalue weighted by atomic mass is 9.85. The molecule has 0 aromatic heterocycles. The van der Waals surface area contributed by atoms with Gasteiger partial charge in [0, 0.05) is 22.5 Å². The Morgan fingerprint density at radius 2 is 2.12 bits per heavy atom. The van der Waals surface area contributed by atoms with E-state index in [4.69, 9.17) is 4.74 Å². The van der Waals surface area contributed by atoms with Crippen molar-refractivity contribution in [2.45, 2.75) is 51.6 Å². The lowest BCUT2D eigenvalue weighted by Crippen LogP contribution is -2.44. The van der Waals surface area contributed by atoms with Gasteiger partial charge in [0.1, 0.15) is 0 Å². The zero-order chi connectivity index (χ0) is 18.4. The van der Waals surface area contributed by atoms with Crippen molar-refractivity contribution in [3.05, 3.63) is 28.5 Å². The van der Waals surface area contributed by atoms with Crippen LogP contribution in [0, 0.1) is 11.7 Å². The van der Waals surface area contributed by atoms with Crippen molar-refractivity contribution >= 4 is 27.7 Å². The Morgan fingerprint density at radius 1 is 1.36 bits per heavy atom. The molecule has 2 N–H and O–H groups in total. The number of carbonyl (C=O) groups is 2. The maximum absolute atomic E-state index is 13.7. The molecule has 2 unspecified atom stereocenters. The summed E-state index contributed by atoms with van der Waals surface area (Å²) in [7, 11) is 0. The summed E-state index contributed by atoms with van der Waals surface area (Å²) in [5, 5.41) is 5.80. The van der Waals surface area contributed by atoms with Crippen LogP contribution < -0.4 is 15.4 Å². The summed E-state index contributed by atoms with van der Waals surface area (Å²) in [5.74, 6) is -0.827. The lowest BCUT2D eigenvalue weighted by molar-refractivity contribution is -0.128. The Labute approximate surface area is 155 Å².